The van der Waals surface area contributed by atoms with Gasteiger partial charge < -0.3 is 20.0 Å². The van der Waals surface area contributed by atoms with Gasteiger partial charge in [0.15, 0.2) is 0 Å². The fraction of sp³-hybridized carbons (Fsp3) is 0.625. The summed E-state index contributed by atoms with van der Waals surface area (Å²) in [5, 5.41) is 19.2. The number of nitrogens with zero attached hydrogens (tertiary/aromatic N) is 2. The molecule has 2 saturated heterocycles. The maximum atomic E-state index is 13.4. The van der Waals surface area contributed by atoms with Gasteiger partial charge in [-0.2, -0.15) is 4.72 Å². The zero-order valence-corrected chi connectivity index (χ0v) is 21.2. The fourth-order valence-electron chi connectivity index (χ4n) is 4.67. The normalized spacial score (nSPS) is 23.2. The van der Waals surface area contributed by atoms with Crippen LogP contribution in [0.5, 0.6) is 0 Å². The molecule has 1 aromatic carbocycles. The zero-order chi connectivity index (χ0) is 25.9. The first-order chi connectivity index (χ1) is 16.4. The number of carbonyl (C=O) groups is 3. The highest BCUT2D eigenvalue weighted by atomic mass is 32.2. The summed E-state index contributed by atoms with van der Waals surface area (Å²) in [6.45, 7) is 6.09. The number of hydrogen-bond donors (Lipinski definition) is 3. The number of rotatable bonds is 8. The minimum Gasteiger partial charge on any atom is -0.480 e. The highest BCUT2D eigenvalue weighted by Crippen LogP contribution is 2.27. The topological polar surface area (TPSA) is 144 Å². The molecular weight excluding hydrogens is 474 g/mol. The molecule has 1 aromatic rings. The number of amides is 2. The van der Waals surface area contributed by atoms with Gasteiger partial charge in [-0.1, -0.05) is 38.0 Å². The van der Waals surface area contributed by atoms with Crippen molar-refractivity contribution in [3.05, 3.63) is 29.8 Å². The maximum absolute atomic E-state index is 13.4. The molecule has 2 fully saturated rings. The van der Waals surface area contributed by atoms with Crippen LogP contribution < -0.4 is 4.72 Å². The van der Waals surface area contributed by atoms with Crippen LogP contribution >= 0.6 is 0 Å². The molecule has 10 nitrogen and oxygen atoms in total. The summed E-state index contributed by atoms with van der Waals surface area (Å²) in [6.07, 6.45) is 0.439. The van der Waals surface area contributed by atoms with E-state index < -0.39 is 40.1 Å². The Morgan fingerprint density at radius 2 is 1.74 bits per heavy atom. The van der Waals surface area contributed by atoms with Gasteiger partial charge in [-0.15, -0.1) is 0 Å². The Morgan fingerprint density at radius 3 is 2.29 bits per heavy atom. The zero-order valence-electron chi connectivity index (χ0n) is 20.4. The van der Waals surface area contributed by atoms with Crippen molar-refractivity contribution in [1.29, 1.82) is 0 Å². The summed E-state index contributed by atoms with van der Waals surface area (Å²) in [5.41, 5.74) is 0.925. The minimum absolute atomic E-state index is 0.00811. The molecule has 11 heteroatoms. The lowest BCUT2D eigenvalue weighted by Crippen LogP contribution is -2.54. The van der Waals surface area contributed by atoms with Gasteiger partial charge in [0.1, 0.15) is 12.1 Å². The summed E-state index contributed by atoms with van der Waals surface area (Å²) in [7, 11) is -3.91. The Bertz CT molecular complexity index is 1040. The van der Waals surface area contributed by atoms with Crippen LogP contribution in [0.4, 0.5) is 0 Å². The molecular formula is C24H35N3O7S. The largest absolute Gasteiger partial charge is 0.480 e. The van der Waals surface area contributed by atoms with E-state index in [9.17, 15) is 33.0 Å². The van der Waals surface area contributed by atoms with E-state index in [4.69, 9.17) is 0 Å². The molecule has 3 rings (SSSR count). The number of carbonyl (C=O) groups excluding carboxylic acids is 2. The minimum atomic E-state index is -3.91. The van der Waals surface area contributed by atoms with Gasteiger partial charge in [-0.3, -0.25) is 9.59 Å². The molecule has 35 heavy (non-hydrogen) atoms. The number of carboxylic acid groups (broad SMARTS) is 1. The van der Waals surface area contributed by atoms with Gasteiger partial charge in [-0.25, -0.2) is 13.2 Å². The number of aliphatic hydroxyl groups excluding tert-OH is 1. The number of aryl methyl sites for hydroxylation is 1. The van der Waals surface area contributed by atoms with E-state index in [0.717, 1.165) is 5.56 Å². The van der Waals surface area contributed by atoms with Crippen LogP contribution in [0.15, 0.2) is 29.2 Å². The van der Waals surface area contributed by atoms with Crippen LogP contribution in [0.1, 0.15) is 45.1 Å². The molecule has 194 valence electrons. The molecule has 4 atom stereocenters. The summed E-state index contributed by atoms with van der Waals surface area (Å²) in [5.74, 6) is -2.48. The number of aliphatic carboxylic acids is 1. The number of nitrogens with one attached hydrogen (secondary N) is 1. The Hall–Kier alpha value is -2.50. The van der Waals surface area contributed by atoms with Crippen molar-refractivity contribution >= 4 is 27.8 Å². The smallest absolute Gasteiger partial charge is 0.326 e. The quantitative estimate of drug-likeness (QED) is 0.474. The molecule has 0 aliphatic carbocycles. The Kier molecular flexibility index (Phi) is 8.55. The number of likely N-dealkylation sites (tertiary alicyclic amines) is 2. The second-order valence-corrected chi connectivity index (χ2v) is 11.3. The maximum Gasteiger partial charge on any atom is 0.326 e. The molecule has 3 N–H and O–H groups in total. The van der Waals surface area contributed by atoms with Crippen LogP contribution in [-0.4, -0.2) is 84.0 Å². The number of benzene rings is 1. The Morgan fingerprint density at radius 1 is 1.14 bits per heavy atom. The molecule has 0 unspecified atom stereocenters. The average molecular weight is 510 g/mol. The van der Waals surface area contributed by atoms with Crippen molar-refractivity contribution < 1.29 is 33.0 Å². The molecule has 0 radical (unpaired) electrons. The number of hydrogen-bond acceptors (Lipinski definition) is 6. The van der Waals surface area contributed by atoms with E-state index in [1.54, 1.807) is 17.0 Å². The third-order valence-electron chi connectivity index (χ3n) is 7.10. The fourth-order valence-corrected chi connectivity index (χ4v) is 5.97. The number of sulfonamides is 1. The molecule has 2 heterocycles. The highest BCUT2D eigenvalue weighted by Gasteiger charge is 2.42. The predicted molar refractivity (Wildman–Crippen MR) is 128 cm³/mol. The Balaban J connectivity index is 1.67. The first kappa shape index (κ1) is 27.1. The number of piperidine rings is 1. The second-order valence-electron chi connectivity index (χ2n) is 9.63. The van der Waals surface area contributed by atoms with Gasteiger partial charge in [0, 0.05) is 32.0 Å². The summed E-state index contributed by atoms with van der Waals surface area (Å²) < 4.78 is 28.5. The van der Waals surface area contributed by atoms with E-state index in [-0.39, 0.29) is 48.7 Å². The van der Waals surface area contributed by atoms with E-state index in [1.807, 2.05) is 20.8 Å². The molecule has 0 aromatic heterocycles. The van der Waals surface area contributed by atoms with E-state index >= 15 is 0 Å². The number of carboxylic acids is 1. The SMILES string of the molecule is CC[C@H](C)[C@H](NS(=O)(=O)c1ccc(C)cc1)C(=O)N1CCC(C(=O)N2C[C@H](O)C[C@H]2C(=O)O)CC1. The van der Waals surface area contributed by atoms with E-state index in [1.165, 1.54) is 17.0 Å². The van der Waals surface area contributed by atoms with E-state index in [0.29, 0.717) is 19.3 Å². The van der Waals surface area contributed by atoms with Gasteiger partial charge in [0.25, 0.3) is 0 Å². The standard InChI is InChI=1S/C24H35N3O7S/c1-4-16(3)21(25-35(33,34)19-7-5-15(2)6-8-19)23(30)26-11-9-17(10-12-26)22(29)27-14-18(28)13-20(27)24(31)32/h5-8,16-18,20-21,25,28H,4,9-14H2,1-3H3,(H,31,32)/t16-,18+,20-,21-/m0/s1. The molecule has 0 saturated carbocycles. The summed E-state index contributed by atoms with van der Waals surface area (Å²) >= 11 is 0. The van der Waals surface area contributed by atoms with Crippen LogP contribution in [0, 0.1) is 18.8 Å². The lowest BCUT2D eigenvalue weighted by molar-refractivity contribution is -0.151. The third-order valence-corrected chi connectivity index (χ3v) is 8.55. The van der Waals surface area contributed by atoms with Crippen molar-refractivity contribution in [3.8, 4) is 0 Å². The van der Waals surface area contributed by atoms with Crippen molar-refractivity contribution in [2.75, 3.05) is 19.6 Å². The van der Waals surface area contributed by atoms with Gasteiger partial charge in [-0.05, 0) is 37.8 Å². The van der Waals surface area contributed by atoms with Crippen LogP contribution in [0.3, 0.4) is 0 Å². The highest BCUT2D eigenvalue weighted by molar-refractivity contribution is 7.89. The summed E-state index contributed by atoms with van der Waals surface area (Å²) in [6, 6.07) is 4.43. The second kappa shape index (κ2) is 11.0. The monoisotopic (exact) mass is 509 g/mol. The molecule has 2 aliphatic heterocycles. The third kappa shape index (κ3) is 6.20. The van der Waals surface area contributed by atoms with Gasteiger partial charge in [0.2, 0.25) is 21.8 Å². The molecule has 2 amide bonds. The molecule has 2 aliphatic rings. The average Bonchev–Trinajstić information content (AvgIpc) is 3.23. The van der Waals surface area contributed by atoms with E-state index in [2.05, 4.69) is 4.72 Å². The van der Waals surface area contributed by atoms with Gasteiger partial charge in [0.05, 0.1) is 11.0 Å². The number of aliphatic hydroxyl groups is 1. The Labute approximate surface area is 206 Å². The molecule has 0 bridgehead atoms. The van der Waals surface area contributed by atoms with Crippen molar-refractivity contribution in [3.63, 3.8) is 0 Å². The van der Waals surface area contributed by atoms with Crippen molar-refractivity contribution in [2.24, 2.45) is 11.8 Å². The van der Waals surface area contributed by atoms with Crippen LogP contribution in [0.2, 0.25) is 0 Å². The lowest BCUT2D eigenvalue weighted by atomic mass is 9.93. The van der Waals surface area contributed by atoms with Crippen LogP contribution in [0.25, 0.3) is 0 Å². The van der Waals surface area contributed by atoms with Crippen LogP contribution in [-0.2, 0) is 24.4 Å². The van der Waals surface area contributed by atoms with Crippen molar-refractivity contribution in [1.82, 2.24) is 14.5 Å². The first-order valence-electron chi connectivity index (χ1n) is 12.0. The summed E-state index contributed by atoms with van der Waals surface area (Å²) in [4.78, 5) is 40.7. The predicted octanol–water partition coefficient (Wildman–Crippen LogP) is 0.973. The van der Waals surface area contributed by atoms with Crippen molar-refractivity contribution in [2.45, 2.75) is 69.5 Å². The number of β-amino-alcohol motifs (C(OH)–C–C–N with tert-alkyl or cyclic N) is 1. The molecule has 0 spiro atoms. The van der Waals surface area contributed by atoms with Gasteiger partial charge >= 0.3 is 5.97 Å². The first-order valence-corrected chi connectivity index (χ1v) is 13.5. The lowest BCUT2D eigenvalue weighted by Gasteiger charge is -2.36.